The molecule has 0 radical (unpaired) electrons. The van der Waals surface area contributed by atoms with Crippen molar-refractivity contribution < 1.29 is 4.74 Å². The number of rotatable bonds is 2. The molecule has 15 heavy (non-hydrogen) atoms. The molecule has 0 aliphatic heterocycles. The fourth-order valence-corrected chi connectivity index (χ4v) is 1.17. The van der Waals surface area contributed by atoms with Gasteiger partial charge in [-0.15, -0.1) is 0 Å². The minimum Gasteiger partial charge on any atom is -0.470 e. The average molecular weight is 267 g/mol. The number of halogens is 3. The Morgan fingerprint density at radius 2 is 1.80 bits per heavy atom. The Hall–Kier alpha value is -0.440. The first-order valence-electron chi connectivity index (χ1n) is 4.28. The van der Waals surface area contributed by atoms with E-state index in [2.05, 4.69) is 0 Å². The lowest BCUT2D eigenvalue weighted by Crippen LogP contribution is -2.22. The SMILES string of the molecule is CC(OC(=N)C(Cl)(Cl)Cl)c1ccccc1. The van der Waals surface area contributed by atoms with E-state index in [1.165, 1.54) is 0 Å². The molecule has 0 aliphatic rings. The summed E-state index contributed by atoms with van der Waals surface area (Å²) in [6.07, 6.45) is -0.311. The van der Waals surface area contributed by atoms with Gasteiger partial charge in [0.05, 0.1) is 0 Å². The highest BCUT2D eigenvalue weighted by Gasteiger charge is 2.30. The largest absolute Gasteiger partial charge is 0.470 e. The molecule has 82 valence electrons. The molecule has 0 saturated heterocycles. The summed E-state index contributed by atoms with van der Waals surface area (Å²) in [6.45, 7) is 1.79. The van der Waals surface area contributed by atoms with Gasteiger partial charge in [-0.1, -0.05) is 65.1 Å². The van der Waals surface area contributed by atoms with Crippen LogP contribution in [0.15, 0.2) is 30.3 Å². The van der Waals surface area contributed by atoms with Crippen molar-refractivity contribution >= 4 is 40.7 Å². The van der Waals surface area contributed by atoms with Crippen LogP contribution in [0.4, 0.5) is 0 Å². The predicted octanol–water partition coefficient (Wildman–Crippen LogP) is 4.11. The van der Waals surface area contributed by atoms with E-state index in [9.17, 15) is 0 Å². The Morgan fingerprint density at radius 3 is 2.27 bits per heavy atom. The zero-order chi connectivity index (χ0) is 11.5. The summed E-state index contributed by atoms with van der Waals surface area (Å²) in [5, 5.41) is 7.40. The highest BCUT2D eigenvalue weighted by molar-refractivity contribution is 6.76. The van der Waals surface area contributed by atoms with Crippen LogP contribution in [0.1, 0.15) is 18.6 Å². The standard InChI is InChI=1S/C10H10Cl3NO/c1-7(8-5-3-2-4-6-8)15-9(14)10(11,12)13/h2-7,14H,1H3. The van der Waals surface area contributed by atoms with Gasteiger partial charge in [0.25, 0.3) is 3.79 Å². The number of nitrogens with one attached hydrogen (secondary N) is 1. The van der Waals surface area contributed by atoms with E-state index < -0.39 is 3.79 Å². The smallest absolute Gasteiger partial charge is 0.265 e. The fraction of sp³-hybridized carbons (Fsp3) is 0.300. The third kappa shape index (κ3) is 3.90. The second-order valence-electron chi connectivity index (χ2n) is 3.00. The third-order valence-corrected chi connectivity index (χ3v) is 2.34. The molecule has 0 aliphatic carbocycles. The predicted molar refractivity (Wildman–Crippen MR) is 64.0 cm³/mol. The highest BCUT2D eigenvalue weighted by Crippen LogP contribution is 2.30. The molecule has 1 aromatic rings. The van der Waals surface area contributed by atoms with Crippen molar-refractivity contribution in [2.45, 2.75) is 16.8 Å². The quantitative estimate of drug-likeness (QED) is 0.488. The highest BCUT2D eigenvalue weighted by atomic mass is 35.6. The molecule has 0 bridgehead atoms. The molecule has 0 aromatic heterocycles. The van der Waals surface area contributed by atoms with Gasteiger partial charge in [0.2, 0.25) is 5.90 Å². The van der Waals surface area contributed by atoms with Crippen LogP contribution < -0.4 is 0 Å². The molecule has 0 saturated carbocycles. The Kier molecular flexibility index (Phi) is 4.26. The summed E-state index contributed by atoms with van der Waals surface area (Å²) in [4.78, 5) is 0. The second-order valence-corrected chi connectivity index (χ2v) is 5.28. The normalized spacial score (nSPS) is 13.3. The van der Waals surface area contributed by atoms with Crippen molar-refractivity contribution in [3.8, 4) is 0 Å². The number of hydrogen-bond donors (Lipinski definition) is 1. The summed E-state index contributed by atoms with van der Waals surface area (Å²) in [5.74, 6) is -0.371. The maximum Gasteiger partial charge on any atom is 0.265 e. The third-order valence-electron chi connectivity index (χ3n) is 1.82. The van der Waals surface area contributed by atoms with Crippen LogP contribution in [0.3, 0.4) is 0 Å². The van der Waals surface area contributed by atoms with Crippen molar-refractivity contribution in [1.82, 2.24) is 0 Å². The molecular formula is C10H10Cl3NO. The van der Waals surface area contributed by atoms with E-state index in [4.69, 9.17) is 44.9 Å². The maximum atomic E-state index is 7.40. The van der Waals surface area contributed by atoms with Gasteiger partial charge >= 0.3 is 0 Å². The molecule has 1 N–H and O–H groups in total. The van der Waals surface area contributed by atoms with Crippen molar-refractivity contribution in [1.29, 1.82) is 5.41 Å². The van der Waals surface area contributed by atoms with Crippen LogP contribution in [0.5, 0.6) is 0 Å². The minimum absolute atomic E-state index is 0.311. The molecule has 2 nitrogen and oxygen atoms in total. The molecule has 0 heterocycles. The maximum absolute atomic E-state index is 7.40. The first kappa shape index (κ1) is 12.6. The van der Waals surface area contributed by atoms with Gasteiger partial charge in [-0.2, -0.15) is 0 Å². The summed E-state index contributed by atoms with van der Waals surface area (Å²) in [5.41, 5.74) is 0.927. The van der Waals surface area contributed by atoms with E-state index in [0.717, 1.165) is 5.56 Å². The Morgan fingerprint density at radius 1 is 1.27 bits per heavy atom. The van der Waals surface area contributed by atoms with Crippen LogP contribution in [0.25, 0.3) is 0 Å². The lowest BCUT2D eigenvalue weighted by molar-refractivity contribution is 0.206. The van der Waals surface area contributed by atoms with Crippen LogP contribution in [0, 0.1) is 5.41 Å². The van der Waals surface area contributed by atoms with E-state index in [-0.39, 0.29) is 12.0 Å². The molecule has 1 unspecified atom stereocenters. The monoisotopic (exact) mass is 265 g/mol. The number of hydrogen-bond acceptors (Lipinski definition) is 2. The molecule has 1 atom stereocenters. The van der Waals surface area contributed by atoms with Gasteiger partial charge in [-0.3, -0.25) is 5.41 Å². The van der Waals surface area contributed by atoms with Gasteiger partial charge in [0.15, 0.2) is 0 Å². The summed E-state index contributed by atoms with van der Waals surface area (Å²) in [7, 11) is 0. The van der Waals surface area contributed by atoms with E-state index in [1.807, 2.05) is 30.3 Å². The van der Waals surface area contributed by atoms with E-state index >= 15 is 0 Å². The van der Waals surface area contributed by atoms with Gasteiger partial charge in [0, 0.05) is 0 Å². The van der Waals surface area contributed by atoms with Crippen LogP contribution in [-0.4, -0.2) is 9.69 Å². The van der Waals surface area contributed by atoms with Crippen molar-refractivity contribution in [2.24, 2.45) is 0 Å². The van der Waals surface area contributed by atoms with Crippen molar-refractivity contribution in [3.63, 3.8) is 0 Å². The van der Waals surface area contributed by atoms with Crippen LogP contribution in [0.2, 0.25) is 0 Å². The first-order valence-corrected chi connectivity index (χ1v) is 5.42. The Balaban J connectivity index is 2.65. The molecule has 1 rings (SSSR count). The molecule has 0 fully saturated rings. The molecular weight excluding hydrogens is 256 g/mol. The lowest BCUT2D eigenvalue weighted by Gasteiger charge is -2.19. The zero-order valence-corrected chi connectivity index (χ0v) is 10.3. The molecule has 5 heteroatoms. The fourth-order valence-electron chi connectivity index (χ4n) is 1.04. The zero-order valence-electron chi connectivity index (χ0n) is 8.01. The average Bonchev–Trinajstić information content (AvgIpc) is 2.17. The number of alkyl halides is 3. The number of ether oxygens (including phenoxy) is 1. The topological polar surface area (TPSA) is 33.1 Å². The Labute approximate surface area is 104 Å². The molecule has 0 spiro atoms. The van der Waals surface area contributed by atoms with Crippen molar-refractivity contribution in [3.05, 3.63) is 35.9 Å². The Bertz CT molecular complexity index is 334. The lowest BCUT2D eigenvalue weighted by atomic mass is 10.1. The summed E-state index contributed by atoms with van der Waals surface area (Å²) >= 11 is 16.5. The molecule has 1 aromatic carbocycles. The molecule has 0 amide bonds. The van der Waals surface area contributed by atoms with Crippen LogP contribution >= 0.6 is 34.8 Å². The van der Waals surface area contributed by atoms with Gasteiger partial charge < -0.3 is 4.74 Å². The van der Waals surface area contributed by atoms with E-state index in [0.29, 0.717) is 0 Å². The van der Waals surface area contributed by atoms with Gasteiger partial charge in [-0.25, -0.2) is 0 Å². The number of benzene rings is 1. The summed E-state index contributed by atoms with van der Waals surface area (Å²) < 4.78 is 3.39. The van der Waals surface area contributed by atoms with E-state index in [1.54, 1.807) is 6.92 Å². The summed E-state index contributed by atoms with van der Waals surface area (Å²) in [6, 6.07) is 9.44. The van der Waals surface area contributed by atoms with Crippen LogP contribution in [-0.2, 0) is 4.74 Å². The van der Waals surface area contributed by atoms with Gasteiger partial charge in [-0.05, 0) is 12.5 Å². The van der Waals surface area contributed by atoms with Gasteiger partial charge in [0.1, 0.15) is 6.10 Å². The van der Waals surface area contributed by atoms with Crippen molar-refractivity contribution in [2.75, 3.05) is 0 Å². The second kappa shape index (κ2) is 5.06. The minimum atomic E-state index is -1.80. The first-order chi connectivity index (χ1) is 6.91.